The van der Waals surface area contributed by atoms with Crippen molar-refractivity contribution in [3.8, 4) is 0 Å². The third-order valence-electron chi connectivity index (χ3n) is 2.32. The average Bonchev–Trinajstić information content (AvgIpc) is 2.81. The Morgan fingerprint density at radius 1 is 1.28 bits per heavy atom. The van der Waals surface area contributed by atoms with Crippen LogP contribution in [-0.2, 0) is 6.54 Å². The Morgan fingerprint density at radius 2 is 2.06 bits per heavy atom. The summed E-state index contributed by atoms with van der Waals surface area (Å²) in [7, 11) is 0. The second-order valence-corrected chi connectivity index (χ2v) is 3.53. The topological polar surface area (TPSA) is 105 Å². The molecule has 0 aliphatic heterocycles. The maximum Gasteiger partial charge on any atom is 0.337 e. The molecule has 7 heteroatoms. The lowest BCUT2D eigenvalue weighted by molar-refractivity contribution is 0.0695. The molecular formula is C11H9N3O4. The van der Waals surface area contributed by atoms with Crippen molar-refractivity contribution < 1.29 is 19.8 Å². The summed E-state index contributed by atoms with van der Waals surface area (Å²) < 4.78 is 1.51. The van der Waals surface area contributed by atoms with E-state index in [1.807, 2.05) is 0 Å². The van der Waals surface area contributed by atoms with Crippen molar-refractivity contribution in [2.75, 3.05) is 0 Å². The molecule has 0 aliphatic rings. The molecule has 0 radical (unpaired) electrons. The minimum Gasteiger partial charge on any atom is -0.478 e. The highest BCUT2D eigenvalue weighted by Gasteiger charge is 2.15. The normalized spacial score (nSPS) is 10.2. The van der Waals surface area contributed by atoms with Crippen molar-refractivity contribution >= 4 is 11.9 Å². The number of nitrogens with zero attached hydrogens (tertiary/aromatic N) is 3. The fourth-order valence-corrected chi connectivity index (χ4v) is 1.47. The van der Waals surface area contributed by atoms with Crippen molar-refractivity contribution in [3.63, 3.8) is 0 Å². The van der Waals surface area contributed by atoms with E-state index in [-0.39, 0.29) is 23.4 Å². The number of hydrogen-bond donors (Lipinski definition) is 2. The van der Waals surface area contributed by atoms with E-state index in [4.69, 9.17) is 10.2 Å². The first-order valence-corrected chi connectivity index (χ1v) is 5.01. The van der Waals surface area contributed by atoms with Crippen LogP contribution in [0.4, 0.5) is 0 Å². The Balaban J connectivity index is 2.40. The molecule has 0 aromatic carbocycles. The van der Waals surface area contributed by atoms with Gasteiger partial charge in [-0.3, -0.25) is 9.67 Å². The molecule has 0 unspecified atom stereocenters. The zero-order valence-electron chi connectivity index (χ0n) is 9.15. The fraction of sp³-hybridized carbons (Fsp3) is 0.0909. The summed E-state index contributed by atoms with van der Waals surface area (Å²) >= 11 is 0. The molecule has 0 saturated carbocycles. The number of hydrogen-bond acceptors (Lipinski definition) is 4. The standard InChI is InChI=1S/C11H9N3O4/c15-10(16)7-4-8(11(17)18)9(12-5-7)6-14-3-1-2-13-14/h1-5H,6H2,(H,15,16)(H,17,18). The van der Waals surface area contributed by atoms with Crippen molar-refractivity contribution in [3.05, 3.63) is 47.5 Å². The van der Waals surface area contributed by atoms with Crippen LogP contribution in [0.15, 0.2) is 30.7 Å². The van der Waals surface area contributed by atoms with Gasteiger partial charge in [-0.15, -0.1) is 0 Å². The first kappa shape index (κ1) is 11.8. The average molecular weight is 247 g/mol. The van der Waals surface area contributed by atoms with E-state index in [1.54, 1.807) is 18.5 Å². The minimum absolute atomic E-state index is 0.134. The number of carbonyl (C=O) groups is 2. The van der Waals surface area contributed by atoms with Gasteiger partial charge >= 0.3 is 11.9 Å². The van der Waals surface area contributed by atoms with Gasteiger partial charge in [-0.1, -0.05) is 0 Å². The smallest absolute Gasteiger partial charge is 0.337 e. The third kappa shape index (κ3) is 2.34. The van der Waals surface area contributed by atoms with Crippen LogP contribution < -0.4 is 0 Å². The van der Waals surface area contributed by atoms with Crippen molar-refractivity contribution in [1.29, 1.82) is 0 Å². The zero-order chi connectivity index (χ0) is 13.1. The summed E-state index contributed by atoms with van der Waals surface area (Å²) in [6, 6.07) is 2.79. The van der Waals surface area contributed by atoms with Crippen LogP contribution >= 0.6 is 0 Å². The highest BCUT2D eigenvalue weighted by atomic mass is 16.4. The lowest BCUT2D eigenvalue weighted by Crippen LogP contribution is -2.12. The van der Waals surface area contributed by atoms with Crippen LogP contribution in [0.3, 0.4) is 0 Å². The highest BCUT2D eigenvalue weighted by molar-refractivity contribution is 5.94. The molecule has 18 heavy (non-hydrogen) atoms. The number of aromatic carboxylic acids is 2. The zero-order valence-corrected chi connectivity index (χ0v) is 9.15. The second-order valence-electron chi connectivity index (χ2n) is 3.53. The Hall–Kier alpha value is -2.70. The minimum atomic E-state index is -1.22. The molecule has 0 bridgehead atoms. The van der Waals surface area contributed by atoms with Crippen LogP contribution in [-0.4, -0.2) is 36.9 Å². The molecule has 7 nitrogen and oxygen atoms in total. The molecule has 0 spiro atoms. The molecule has 0 atom stereocenters. The summed E-state index contributed by atoms with van der Waals surface area (Å²) in [5.41, 5.74) is -0.0294. The summed E-state index contributed by atoms with van der Waals surface area (Å²) in [5, 5.41) is 21.8. The van der Waals surface area contributed by atoms with Gasteiger partial charge in [-0.2, -0.15) is 5.10 Å². The Kier molecular flexibility index (Phi) is 3.05. The Morgan fingerprint density at radius 3 is 2.61 bits per heavy atom. The predicted molar refractivity (Wildman–Crippen MR) is 59.5 cm³/mol. The molecule has 2 rings (SSSR count). The van der Waals surface area contributed by atoms with E-state index in [0.29, 0.717) is 0 Å². The van der Waals surface area contributed by atoms with Gasteiger partial charge in [-0.05, 0) is 12.1 Å². The molecule has 0 aliphatic carbocycles. The van der Waals surface area contributed by atoms with Crippen molar-refractivity contribution in [1.82, 2.24) is 14.8 Å². The van der Waals surface area contributed by atoms with Crippen LogP contribution in [0, 0.1) is 0 Å². The number of carboxylic acids is 2. The van der Waals surface area contributed by atoms with Crippen LogP contribution in [0.25, 0.3) is 0 Å². The van der Waals surface area contributed by atoms with Crippen molar-refractivity contribution in [2.24, 2.45) is 0 Å². The van der Waals surface area contributed by atoms with E-state index >= 15 is 0 Å². The fourth-order valence-electron chi connectivity index (χ4n) is 1.47. The van der Waals surface area contributed by atoms with Gasteiger partial charge in [0.1, 0.15) is 0 Å². The molecule has 2 aromatic rings. The van der Waals surface area contributed by atoms with E-state index in [0.717, 1.165) is 12.3 Å². The number of rotatable bonds is 4. The summed E-state index contributed by atoms with van der Waals surface area (Å²) in [4.78, 5) is 25.7. The Labute approximate surface area is 101 Å². The Bertz CT molecular complexity index is 592. The maximum atomic E-state index is 11.1. The first-order chi connectivity index (χ1) is 8.58. The van der Waals surface area contributed by atoms with Crippen LogP contribution in [0.1, 0.15) is 26.4 Å². The van der Waals surface area contributed by atoms with E-state index in [9.17, 15) is 9.59 Å². The van der Waals surface area contributed by atoms with Crippen LogP contribution in [0.5, 0.6) is 0 Å². The number of aromatic nitrogens is 3. The van der Waals surface area contributed by atoms with Gasteiger partial charge in [0.25, 0.3) is 0 Å². The lowest BCUT2D eigenvalue weighted by Gasteiger charge is -2.06. The third-order valence-corrected chi connectivity index (χ3v) is 2.32. The largest absolute Gasteiger partial charge is 0.478 e. The number of pyridine rings is 1. The van der Waals surface area contributed by atoms with Crippen molar-refractivity contribution in [2.45, 2.75) is 6.54 Å². The summed E-state index contributed by atoms with van der Waals surface area (Å²) in [6.07, 6.45) is 4.36. The molecule has 92 valence electrons. The van der Waals surface area contributed by atoms with E-state index < -0.39 is 11.9 Å². The lowest BCUT2D eigenvalue weighted by atomic mass is 10.1. The quantitative estimate of drug-likeness (QED) is 0.824. The van der Waals surface area contributed by atoms with Gasteiger partial charge in [-0.25, -0.2) is 9.59 Å². The highest BCUT2D eigenvalue weighted by Crippen LogP contribution is 2.11. The molecule has 0 saturated heterocycles. The molecular weight excluding hydrogens is 238 g/mol. The predicted octanol–water partition coefficient (Wildman–Crippen LogP) is 0.723. The SMILES string of the molecule is O=C(O)c1cnc(Cn2cccn2)c(C(=O)O)c1. The molecule has 0 fully saturated rings. The molecule has 2 N–H and O–H groups in total. The molecule has 2 heterocycles. The van der Waals surface area contributed by atoms with Crippen LogP contribution in [0.2, 0.25) is 0 Å². The summed E-state index contributed by atoms with van der Waals surface area (Å²) in [5.74, 6) is -2.43. The maximum absolute atomic E-state index is 11.1. The monoisotopic (exact) mass is 247 g/mol. The second kappa shape index (κ2) is 4.66. The summed E-state index contributed by atoms with van der Waals surface area (Å²) in [6.45, 7) is 0.175. The molecule has 0 amide bonds. The van der Waals surface area contributed by atoms with E-state index in [1.165, 1.54) is 4.68 Å². The van der Waals surface area contributed by atoms with Gasteiger partial charge in [0.05, 0.1) is 23.4 Å². The van der Waals surface area contributed by atoms with Gasteiger partial charge in [0.2, 0.25) is 0 Å². The number of carboxylic acid groups (broad SMARTS) is 2. The van der Waals surface area contributed by atoms with Gasteiger partial charge in [0, 0.05) is 18.6 Å². The first-order valence-electron chi connectivity index (χ1n) is 5.01. The van der Waals surface area contributed by atoms with Gasteiger partial charge in [0.15, 0.2) is 0 Å². The van der Waals surface area contributed by atoms with E-state index in [2.05, 4.69) is 10.1 Å². The molecule has 2 aromatic heterocycles. The van der Waals surface area contributed by atoms with Gasteiger partial charge < -0.3 is 10.2 Å².